The molecule has 3 aromatic rings. The van der Waals surface area contributed by atoms with Crippen LogP contribution in [0, 0.1) is 0 Å². The standard InChI is InChI=1S/C23H23N3O6S/c1-15(27)24-21-13-12-18(14-22(21)32-3)33(29,30)26-20-7-5-4-6-19(20)23(28)25-16-8-10-17(31-2)11-9-16/h4-14,26H,1-3H3,(H,24,27)(H,25,28). The molecule has 0 aliphatic carbocycles. The van der Waals surface area contributed by atoms with Gasteiger partial charge in [-0.25, -0.2) is 8.42 Å². The highest BCUT2D eigenvalue weighted by molar-refractivity contribution is 7.92. The molecule has 0 saturated carbocycles. The highest BCUT2D eigenvalue weighted by atomic mass is 32.2. The van der Waals surface area contributed by atoms with Crippen LogP contribution in [-0.4, -0.2) is 34.5 Å². The maximum atomic E-state index is 13.0. The molecule has 0 spiro atoms. The summed E-state index contributed by atoms with van der Waals surface area (Å²) in [7, 11) is -1.16. The molecule has 33 heavy (non-hydrogen) atoms. The van der Waals surface area contributed by atoms with Crippen LogP contribution >= 0.6 is 0 Å². The van der Waals surface area contributed by atoms with Crippen molar-refractivity contribution in [3.63, 3.8) is 0 Å². The zero-order valence-electron chi connectivity index (χ0n) is 18.2. The van der Waals surface area contributed by atoms with E-state index in [2.05, 4.69) is 15.4 Å². The van der Waals surface area contributed by atoms with Crippen molar-refractivity contribution in [1.29, 1.82) is 0 Å². The summed E-state index contributed by atoms with van der Waals surface area (Å²) >= 11 is 0. The van der Waals surface area contributed by atoms with Crippen LogP contribution in [-0.2, 0) is 14.8 Å². The fourth-order valence-electron chi connectivity index (χ4n) is 2.98. The third kappa shape index (κ3) is 5.80. The van der Waals surface area contributed by atoms with Crippen LogP contribution in [0.15, 0.2) is 71.6 Å². The van der Waals surface area contributed by atoms with Crippen molar-refractivity contribution in [3.05, 3.63) is 72.3 Å². The fourth-order valence-corrected chi connectivity index (χ4v) is 4.07. The van der Waals surface area contributed by atoms with Gasteiger partial charge in [0, 0.05) is 18.7 Å². The molecule has 0 aromatic heterocycles. The van der Waals surface area contributed by atoms with E-state index in [1.54, 1.807) is 43.5 Å². The number of rotatable bonds is 8. The number of para-hydroxylation sites is 1. The average Bonchev–Trinajstić information content (AvgIpc) is 2.79. The summed E-state index contributed by atoms with van der Waals surface area (Å²) in [6, 6.07) is 17.0. The smallest absolute Gasteiger partial charge is 0.262 e. The van der Waals surface area contributed by atoms with Crippen LogP contribution < -0.4 is 24.8 Å². The molecule has 0 saturated heterocycles. The van der Waals surface area contributed by atoms with Crippen LogP contribution in [0.2, 0.25) is 0 Å². The Morgan fingerprint density at radius 1 is 0.818 bits per heavy atom. The second-order valence-corrected chi connectivity index (χ2v) is 8.56. The first-order chi connectivity index (χ1) is 15.7. The van der Waals surface area contributed by atoms with Gasteiger partial charge in [0.15, 0.2) is 0 Å². The average molecular weight is 470 g/mol. The quantitative estimate of drug-likeness (QED) is 0.462. The number of sulfonamides is 1. The number of amides is 2. The van der Waals surface area contributed by atoms with E-state index in [0.717, 1.165) is 0 Å². The molecule has 0 bridgehead atoms. The molecule has 0 heterocycles. The molecule has 9 nitrogen and oxygen atoms in total. The van der Waals surface area contributed by atoms with E-state index in [-0.39, 0.29) is 27.8 Å². The number of hydrogen-bond donors (Lipinski definition) is 3. The summed E-state index contributed by atoms with van der Waals surface area (Å²) in [4.78, 5) is 24.1. The predicted octanol–water partition coefficient (Wildman–Crippen LogP) is 3.72. The maximum absolute atomic E-state index is 13.0. The highest BCUT2D eigenvalue weighted by Gasteiger charge is 2.20. The molecule has 172 valence electrons. The summed E-state index contributed by atoms with van der Waals surface area (Å²) < 4.78 is 38.8. The minimum atomic E-state index is -4.07. The van der Waals surface area contributed by atoms with Gasteiger partial charge in [0.05, 0.1) is 36.1 Å². The monoisotopic (exact) mass is 469 g/mol. The number of ether oxygens (including phenoxy) is 2. The van der Waals surface area contributed by atoms with Gasteiger partial charge in [-0.05, 0) is 48.5 Å². The first kappa shape index (κ1) is 23.6. The zero-order valence-corrected chi connectivity index (χ0v) is 19.0. The molecule has 0 unspecified atom stereocenters. The predicted molar refractivity (Wildman–Crippen MR) is 125 cm³/mol. The summed E-state index contributed by atoms with van der Waals surface area (Å²) in [6.45, 7) is 1.33. The van der Waals surface area contributed by atoms with Gasteiger partial charge in [-0.2, -0.15) is 0 Å². The molecule has 2 amide bonds. The van der Waals surface area contributed by atoms with Crippen molar-refractivity contribution in [2.45, 2.75) is 11.8 Å². The number of hydrogen-bond acceptors (Lipinski definition) is 6. The van der Waals surface area contributed by atoms with Crippen molar-refractivity contribution >= 4 is 38.9 Å². The van der Waals surface area contributed by atoms with Crippen LogP contribution in [0.5, 0.6) is 11.5 Å². The first-order valence-electron chi connectivity index (χ1n) is 9.76. The third-order valence-electron chi connectivity index (χ3n) is 4.56. The Balaban J connectivity index is 1.86. The summed E-state index contributed by atoms with van der Waals surface area (Å²) in [5.74, 6) is 0.00982. The van der Waals surface area contributed by atoms with Crippen LogP contribution in [0.25, 0.3) is 0 Å². The van der Waals surface area contributed by atoms with Gasteiger partial charge >= 0.3 is 0 Å². The normalized spacial score (nSPS) is 10.8. The lowest BCUT2D eigenvalue weighted by Gasteiger charge is -2.15. The molecule has 3 rings (SSSR count). The van der Waals surface area contributed by atoms with Gasteiger partial charge in [-0.3, -0.25) is 14.3 Å². The van der Waals surface area contributed by atoms with Crippen molar-refractivity contribution in [1.82, 2.24) is 0 Å². The Labute approximate surface area is 191 Å². The Kier molecular flexibility index (Phi) is 7.19. The highest BCUT2D eigenvalue weighted by Crippen LogP contribution is 2.29. The number of nitrogens with one attached hydrogen (secondary N) is 3. The molecule has 0 radical (unpaired) electrons. The number of carbonyl (C=O) groups is 2. The van der Waals surface area contributed by atoms with Gasteiger partial charge in [0.25, 0.3) is 15.9 Å². The Morgan fingerprint density at radius 3 is 2.15 bits per heavy atom. The maximum Gasteiger partial charge on any atom is 0.262 e. The van der Waals surface area contributed by atoms with E-state index in [4.69, 9.17) is 9.47 Å². The van der Waals surface area contributed by atoms with Gasteiger partial charge in [0.1, 0.15) is 11.5 Å². The lowest BCUT2D eigenvalue weighted by Crippen LogP contribution is -2.19. The molecule has 3 N–H and O–H groups in total. The Bertz CT molecular complexity index is 1270. The lowest BCUT2D eigenvalue weighted by atomic mass is 10.1. The van der Waals surface area contributed by atoms with Crippen molar-refractivity contribution < 1.29 is 27.5 Å². The Hall–Kier alpha value is -4.05. The topological polar surface area (TPSA) is 123 Å². The Morgan fingerprint density at radius 2 is 1.52 bits per heavy atom. The molecular weight excluding hydrogens is 446 g/mol. The number of anilines is 3. The number of carbonyl (C=O) groups excluding carboxylic acids is 2. The molecule has 0 aliphatic rings. The third-order valence-corrected chi connectivity index (χ3v) is 5.92. The molecule has 10 heteroatoms. The molecule has 3 aromatic carbocycles. The van der Waals surface area contributed by atoms with E-state index in [1.807, 2.05) is 0 Å². The van der Waals surface area contributed by atoms with E-state index in [9.17, 15) is 18.0 Å². The largest absolute Gasteiger partial charge is 0.497 e. The summed E-state index contributed by atoms with van der Waals surface area (Å²) in [6.07, 6.45) is 0. The van der Waals surface area contributed by atoms with E-state index >= 15 is 0 Å². The van der Waals surface area contributed by atoms with Crippen LogP contribution in [0.3, 0.4) is 0 Å². The van der Waals surface area contributed by atoms with Crippen molar-refractivity contribution in [2.24, 2.45) is 0 Å². The van der Waals surface area contributed by atoms with Crippen LogP contribution in [0.1, 0.15) is 17.3 Å². The van der Waals surface area contributed by atoms with Crippen LogP contribution in [0.4, 0.5) is 17.1 Å². The lowest BCUT2D eigenvalue weighted by molar-refractivity contribution is -0.114. The second-order valence-electron chi connectivity index (χ2n) is 6.88. The molecule has 0 fully saturated rings. The van der Waals surface area contributed by atoms with Gasteiger partial charge in [-0.1, -0.05) is 12.1 Å². The van der Waals surface area contributed by atoms with Gasteiger partial charge in [0.2, 0.25) is 5.91 Å². The number of methoxy groups -OCH3 is 2. The van der Waals surface area contributed by atoms with E-state index in [1.165, 1.54) is 44.4 Å². The van der Waals surface area contributed by atoms with E-state index < -0.39 is 15.9 Å². The SMILES string of the molecule is COc1ccc(NC(=O)c2ccccc2NS(=O)(=O)c2ccc(NC(C)=O)c(OC)c2)cc1. The van der Waals surface area contributed by atoms with Gasteiger partial charge < -0.3 is 20.1 Å². The van der Waals surface area contributed by atoms with Crippen molar-refractivity contribution in [3.8, 4) is 11.5 Å². The second kappa shape index (κ2) is 10.0. The minimum absolute atomic E-state index is 0.0983. The van der Waals surface area contributed by atoms with E-state index in [0.29, 0.717) is 17.1 Å². The number of benzene rings is 3. The molecular formula is C23H23N3O6S. The van der Waals surface area contributed by atoms with Crippen molar-refractivity contribution in [2.75, 3.05) is 29.6 Å². The zero-order chi connectivity index (χ0) is 24.0. The minimum Gasteiger partial charge on any atom is -0.497 e. The summed E-state index contributed by atoms with van der Waals surface area (Å²) in [5, 5.41) is 5.30. The summed E-state index contributed by atoms with van der Waals surface area (Å²) in [5.41, 5.74) is 1.10. The first-order valence-corrected chi connectivity index (χ1v) is 11.2. The molecule has 0 atom stereocenters. The fraction of sp³-hybridized carbons (Fsp3) is 0.130. The van der Waals surface area contributed by atoms with Gasteiger partial charge in [-0.15, -0.1) is 0 Å². The molecule has 0 aliphatic heterocycles.